The average molecular weight is 439 g/mol. The molecule has 5 heteroatoms. The van der Waals surface area contributed by atoms with E-state index in [1.54, 1.807) is 6.07 Å². The average Bonchev–Trinajstić information content (AvgIpc) is 2.83. The van der Waals surface area contributed by atoms with Crippen molar-refractivity contribution < 1.29 is 14.7 Å². The van der Waals surface area contributed by atoms with Gasteiger partial charge in [0.25, 0.3) is 0 Å². The predicted molar refractivity (Wildman–Crippen MR) is 130 cm³/mol. The highest BCUT2D eigenvalue weighted by atomic mass is 16.3. The predicted octanol–water partition coefficient (Wildman–Crippen LogP) is 5.02. The third-order valence-electron chi connectivity index (χ3n) is 5.64. The van der Waals surface area contributed by atoms with Gasteiger partial charge in [-0.25, -0.2) is 0 Å². The number of phenols is 1. The van der Waals surface area contributed by atoms with Gasteiger partial charge in [0.05, 0.1) is 18.5 Å². The van der Waals surface area contributed by atoms with Crippen molar-refractivity contribution in [3.05, 3.63) is 114 Å². The maximum Gasteiger partial charge on any atom is 0.223 e. The Morgan fingerprint density at radius 1 is 0.758 bits per heavy atom. The molecule has 4 aromatic carbocycles. The van der Waals surface area contributed by atoms with Crippen LogP contribution in [0.2, 0.25) is 0 Å². The first-order chi connectivity index (χ1) is 16.0. The second kappa shape index (κ2) is 10.0. The van der Waals surface area contributed by atoms with Gasteiger partial charge in [-0.15, -0.1) is 0 Å². The molecule has 2 unspecified atom stereocenters. The minimum atomic E-state index is -0.557. The number of benzene rings is 4. The zero-order chi connectivity index (χ0) is 23.2. The zero-order valence-corrected chi connectivity index (χ0v) is 18.4. The Hall–Kier alpha value is -4.12. The molecule has 0 aliphatic heterocycles. The molecule has 33 heavy (non-hydrogen) atoms. The van der Waals surface area contributed by atoms with E-state index in [0.717, 1.165) is 21.9 Å². The fourth-order valence-corrected chi connectivity index (χ4v) is 4.14. The van der Waals surface area contributed by atoms with Crippen molar-refractivity contribution in [2.75, 3.05) is 0 Å². The lowest BCUT2D eigenvalue weighted by molar-refractivity contribution is -0.123. The summed E-state index contributed by atoms with van der Waals surface area (Å²) in [4.78, 5) is 25.1. The molecule has 0 fully saturated rings. The fourth-order valence-electron chi connectivity index (χ4n) is 4.14. The minimum absolute atomic E-state index is 0.0679. The van der Waals surface area contributed by atoms with Crippen LogP contribution in [0.4, 0.5) is 0 Å². The quantitative estimate of drug-likeness (QED) is 0.379. The van der Waals surface area contributed by atoms with Gasteiger partial charge < -0.3 is 15.7 Å². The van der Waals surface area contributed by atoms with E-state index in [1.165, 1.54) is 6.92 Å². The van der Waals surface area contributed by atoms with E-state index in [9.17, 15) is 14.7 Å². The molecule has 0 saturated heterocycles. The van der Waals surface area contributed by atoms with Crippen LogP contribution in [0.15, 0.2) is 97.1 Å². The molecule has 0 aliphatic rings. The second-order valence-corrected chi connectivity index (χ2v) is 8.00. The van der Waals surface area contributed by atoms with Crippen LogP contribution >= 0.6 is 0 Å². The normalized spacial score (nSPS) is 12.6. The van der Waals surface area contributed by atoms with Crippen LogP contribution < -0.4 is 10.6 Å². The Balaban J connectivity index is 1.69. The van der Waals surface area contributed by atoms with Crippen molar-refractivity contribution >= 4 is 22.6 Å². The number of carbonyl (C=O) groups is 2. The fraction of sp³-hybridized carbons (Fsp3) is 0.143. The number of rotatable bonds is 7. The third-order valence-corrected chi connectivity index (χ3v) is 5.64. The van der Waals surface area contributed by atoms with Crippen LogP contribution in [0, 0.1) is 0 Å². The van der Waals surface area contributed by atoms with Crippen molar-refractivity contribution in [1.29, 1.82) is 0 Å². The summed E-state index contributed by atoms with van der Waals surface area (Å²) < 4.78 is 0. The molecule has 2 amide bonds. The molecule has 3 N–H and O–H groups in total. The number of amides is 2. The van der Waals surface area contributed by atoms with Crippen molar-refractivity contribution in [3.8, 4) is 5.75 Å². The number of hydrogen-bond acceptors (Lipinski definition) is 3. The molecule has 2 atom stereocenters. The lowest BCUT2D eigenvalue weighted by Crippen LogP contribution is -2.35. The first-order valence-corrected chi connectivity index (χ1v) is 10.9. The summed E-state index contributed by atoms with van der Waals surface area (Å²) in [5.41, 5.74) is 2.35. The van der Waals surface area contributed by atoms with Gasteiger partial charge in [-0.05, 0) is 28.0 Å². The second-order valence-electron chi connectivity index (χ2n) is 8.00. The summed E-state index contributed by atoms with van der Waals surface area (Å²) in [6.45, 7) is 1.44. The van der Waals surface area contributed by atoms with E-state index >= 15 is 0 Å². The van der Waals surface area contributed by atoms with E-state index < -0.39 is 12.1 Å². The third kappa shape index (κ3) is 5.21. The van der Waals surface area contributed by atoms with Crippen LogP contribution in [0.1, 0.15) is 42.1 Å². The van der Waals surface area contributed by atoms with Crippen LogP contribution in [-0.2, 0) is 9.59 Å². The smallest absolute Gasteiger partial charge is 0.223 e. The molecule has 4 aromatic rings. The number of hydrogen-bond donors (Lipinski definition) is 3. The van der Waals surface area contributed by atoms with Gasteiger partial charge >= 0.3 is 0 Å². The Labute approximate surface area is 193 Å². The Morgan fingerprint density at radius 2 is 1.36 bits per heavy atom. The molecular weight excluding hydrogens is 412 g/mol. The lowest BCUT2D eigenvalue weighted by Gasteiger charge is -2.24. The summed E-state index contributed by atoms with van der Waals surface area (Å²) in [7, 11) is 0. The van der Waals surface area contributed by atoms with Gasteiger partial charge in [-0.2, -0.15) is 0 Å². The van der Waals surface area contributed by atoms with Gasteiger partial charge in [0.2, 0.25) is 11.8 Å². The zero-order valence-electron chi connectivity index (χ0n) is 18.4. The molecule has 0 aliphatic carbocycles. The van der Waals surface area contributed by atoms with Crippen molar-refractivity contribution in [1.82, 2.24) is 10.6 Å². The number of fused-ring (bicyclic) bond motifs is 1. The van der Waals surface area contributed by atoms with Crippen molar-refractivity contribution in [2.45, 2.75) is 25.4 Å². The minimum Gasteiger partial charge on any atom is -0.508 e. The standard InChI is InChI=1S/C28H26N2O3/c1-19(31)29-24(21-11-4-2-5-12-21)18-26(33)30-28(22-13-6-3-7-14-22)27-23-15-9-8-10-20(23)16-17-25(27)32/h2-17,24,28,32H,18H2,1H3,(H,29,31)(H,30,33). The van der Waals surface area contributed by atoms with Gasteiger partial charge in [0.15, 0.2) is 0 Å². The summed E-state index contributed by atoms with van der Waals surface area (Å²) in [5.74, 6) is -0.328. The number of aromatic hydroxyl groups is 1. The molecular formula is C28H26N2O3. The molecule has 0 aromatic heterocycles. The number of carbonyl (C=O) groups excluding carboxylic acids is 2. The van der Waals surface area contributed by atoms with E-state index in [2.05, 4.69) is 10.6 Å². The van der Waals surface area contributed by atoms with Gasteiger partial charge in [-0.3, -0.25) is 9.59 Å². The molecule has 5 nitrogen and oxygen atoms in total. The van der Waals surface area contributed by atoms with Crippen LogP contribution in [-0.4, -0.2) is 16.9 Å². The highest BCUT2D eigenvalue weighted by molar-refractivity contribution is 5.89. The summed E-state index contributed by atoms with van der Waals surface area (Å²) >= 11 is 0. The van der Waals surface area contributed by atoms with Gasteiger partial charge in [0, 0.05) is 12.5 Å². The van der Waals surface area contributed by atoms with Crippen LogP contribution in [0.25, 0.3) is 10.8 Å². The summed E-state index contributed by atoms with van der Waals surface area (Å²) in [6.07, 6.45) is 0.0679. The van der Waals surface area contributed by atoms with Gasteiger partial charge in [0.1, 0.15) is 5.75 Å². The first-order valence-electron chi connectivity index (χ1n) is 10.9. The monoisotopic (exact) mass is 438 g/mol. The number of nitrogens with one attached hydrogen (secondary N) is 2. The molecule has 0 bridgehead atoms. The van der Waals surface area contributed by atoms with E-state index in [1.807, 2.05) is 91.0 Å². The molecule has 0 spiro atoms. The Kier molecular flexibility index (Phi) is 6.69. The van der Waals surface area contributed by atoms with Crippen LogP contribution in [0.3, 0.4) is 0 Å². The molecule has 166 valence electrons. The Morgan fingerprint density at radius 3 is 2.03 bits per heavy atom. The lowest BCUT2D eigenvalue weighted by atomic mass is 9.92. The van der Waals surface area contributed by atoms with E-state index in [4.69, 9.17) is 0 Å². The number of phenolic OH excluding ortho intramolecular Hbond substituents is 1. The molecule has 0 heterocycles. The van der Waals surface area contributed by atoms with Crippen molar-refractivity contribution in [3.63, 3.8) is 0 Å². The van der Waals surface area contributed by atoms with Gasteiger partial charge in [-0.1, -0.05) is 91.0 Å². The SMILES string of the molecule is CC(=O)NC(CC(=O)NC(c1ccccc1)c1c(O)ccc2ccccc12)c1ccccc1. The largest absolute Gasteiger partial charge is 0.508 e. The van der Waals surface area contributed by atoms with E-state index in [-0.39, 0.29) is 24.0 Å². The highest BCUT2D eigenvalue weighted by Gasteiger charge is 2.24. The highest BCUT2D eigenvalue weighted by Crippen LogP contribution is 2.36. The Bertz CT molecular complexity index is 1260. The molecule has 4 rings (SSSR count). The van der Waals surface area contributed by atoms with E-state index in [0.29, 0.717) is 5.56 Å². The molecule has 0 saturated carbocycles. The maximum atomic E-state index is 13.3. The summed E-state index contributed by atoms with van der Waals surface area (Å²) in [6, 6.07) is 29.3. The summed E-state index contributed by atoms with van der Waals surface area (Å²) in [5, 5.41) is 18.6. The first kappa shape index (κ1) is 22.1. The topological polar surface area (TPSA) is 78.4 Å². The van der Waals surface area contributed by atoms with Crippen LogP contribution in [0.5, 0.6) is 5.75 Å². The van der Waals surface area contributed by atoms with Crippen molar-refractivity contribution in [2.24, 2.45) is 0 Å². The maximum absolute atomic E-state index is 13.3. The molecule has 0 radical (unpaired) electrons.